The van der Waals surface area contributed by atoms with Gasteiger partial charge in [-0.05, 0) is 36.8 Å². The third kappa shape index (κ3) is 4.30. The number of nitrogens with one attached hydrogen (secondary N) is 2. The van der Waals surface area contributed by atoms with Gasteiger partial charge in [-0.15, -0.1) is 0 Å². The number of nitriles is 1. The zero-order chi connectivity index (χ0) is 24.4. The first-order valence-electron chi connectivity index (χ1n) is 10.9. The molecule has 1 atom stereocenters. The van der Waals surface area contributed by atoms with Gasteiger partial charge in [0.15, 0.2) is 12.4 Å². The van der Waals surface area contributed by atoms with Gasteiger partial charge in [-0.1, -0.05) is 18.2 Å². The standard InChI is InChI=1S/C25H25N5O4/c1-15(16-8-10-22-18(12-16)28-24(33)14-34-22)27-23(32)11-9-21(31)17(13-26)25-29(2)19-6-4-5-7-20(19)30(25)3/h4-8,10,12,15H,9,11,14H2,1-3H3,(H,27,32)(H,28,33). The van der Waals surface area contributed by atoms with Crippen LogP contribution in [-0.4, -0.2) is 38.3 Å². The topological polar surface area (TPSA) is 115 Å². The summed E-state index contributed by atoms with van der Waals surface area (Å²) in [6.45, 7) is 1.79. The number of anilines is 3. The summed E-state index contributed by atoms with van der Waals surface area (Å²) >= 11 is 0. The van der Waals surface area contributed by atoms with E-state index < -0.39 is 0 Å². The van der Waals surface area contributed by atoms with Gasteiger partial charge in [-0.25, -0.2) is 0 Å². The summed E-state index contributed by atoms with van der Waals surface area (Å²) < 4.78 is 5.35. The van der Waals surface area contributed by atoms with Crippen molar-refractivity contribution in [3.8, 4) is 11.8 Å². The Hall–Kier alpha value is -4.32. The third-order valence-electron chi connectivity index (χ3n) is 5.95. The van der Waals surface area contributed by atoms with E-state index in [0.717, 1.165) is 16.9 Å². The Bertz CT molecular complexity index is 1220. The molecule has 0 spiro atoms. The minimum Gasteiger partial charge on any atom is -0.482 e. The van der Waals surface area contributed by atoms with E-state index in [1.54, 1.807) is 12.1 Å². The second-order valence-electron chi connectivity index (χ2n) is 8.22. The average molecular weight is 460 g/mol. The molecule has 0 saturated carbocycles. The highest BCUT2D eigenvalue weighted by molar-refractivity contribution is 6.03. The number of fused-ring (bicyclic) bond motifs is 2. The molecule has 34 heavy (non-hydrogen) atoms. The second kappa shape index (κ2) is 9.27. The average Bonchev–Trinajstić information content (AvgIpc) is 3.08. The highest BCUT2D eigenvalue weighted by atomic mass is 16.5. The molecule has 9 nitrogen and oxygen atoms in total. The summed E-state index contributed by atoms with van der Waals surface area (Å²) in [5, 5.41) is 15.3. The Morgan fingerprint density at radius 3 is 2.47 bits per heavy atom. The van der Waals surface area contributed by atoms with Crippen LogP contribution in [0.25, 0.3) is 0 Å². The number of ketones is 1. The van der Waals surface area contributed by atoms with Gasteiger partial charge in [-0.2, -0.15) is 5.26 Å². The van der Waals surface area contributed by atoms with Gasteiger partial charge < -0.3 is 25.2 Å². The van der Waals surface area contributed by atoms with Crippen molar-refractivity contribution in [1.29, 1.82) is 5.26 Å². The van der Waals surface area contributed by atoms with Gasteiger partial charge in [0.05, 0.1) is 23.1 Å². The maximum Gasteiger partial charge on any atom is 0.262 e. The molecule has 9 heteroatoms. The van der Waals surface area contributed by atoms with Gasteiger partial charge in [0.1, 0.15) is 23.2 Å². The summed E-state index contributed by atoms with van der Waals surface area (Å²) in [5.74, 6) is 0.149. The number of allylic oxidation sites excluding steroid dienone is 1. The van der Waals surface area contributed by atoms with Gasteiger partial charge in [-0.3, -0.25) is 14.4 Å². The van der Waals surface area contributed by atoms with E-state index in [9.17, 15) is 19.6 Å². The third-order valence-corrected chi connectivity index (χ3v) is 5.95. The summed E-state index contributed by atoms with van der Waals surface area (Å²) in [7, 11) is 3.62. The van der Waals surface area contributed by atoms with Crippen LogP contribution in [0.3, 0.4) is 0 Å². The Morgan fingerprint density at radius 1 is 1.15 bits per heavy atom. The summed E-state index contributed by atoms with van der Waals surface area (Å²) in [6, 6.07) is 14.6. The van der Waals surface area contributed by atoms with Crippen LogP contribution in [-0.2, 0) is 14.4 Å². The first-order valence-corrected chi connectivity index (χ1v) is 10.9. The molecule has 174 valence electrons. The molecule has 1 unspecified atom stereocenters. The molecule has 2 N–H and O–H groups in total. The van der Waals surface area contributed by atoms with E-state index in [-0.39, 0.29) is 48.7 Å². The van der Waals surface area contributed by atoms with Crippen molar-refractivity contribution < 1.29 is 19.1 Å². The highest BCUT2D eigenvalue weighted by Gasteiger charge is 2.31. The fourth-order valence-corrected chi connectivity index (χ4v) is 4.18. The van der Waals surface area contributed by atoms with Crippen molar-refractivity contribution in [2.75, 3.05) is 35.8 Å². The first kappa shape index (κ1) is 22.9. The van der Waals surface area contributed by atoms with E-state index in [1.807, 2.05) is 67.2 Å². The number of ether oxygens (including phenoxy) is 1. The van der Waals surface area contributed by atoms with Gasteiger partial charge >= 0.3 is 0 Å². The van der Waals surface area contributed by atoms with Crippen molar-refractivity contribution in [1.82, 2.24) is 5.32 Å². The van der Waals surface area contributed by atoms with E-state index >= 15 is 0 Å². The molecule has 0 aliphatic carbocycles. The van der Waals surface area contributed by atoms with Crippen molar-refractivity contribution >= 4 is 34.7 Å². The quantitative estimate of drug-likeness (QED) is 0.504. The SMILES string of the molecule is CC(NC(=O)CCC(=O)C(C#N)=C1N(C)c2ccccc2N1C)c1ccc2c(c1)NC(=O)CO2. The molecule has 2 aliphatic heterocycles. The smallest absolute Gasteiger partial charge is 0.262 e. The van der Waals surface area contributed by atoms with Crippen LogP contribution in [0.4, 0.5) is 17.1 Å². The molecule has 2 aliphatic rings. The molecule has 0 fully saturated rings. The summed E-state index contributed by atoms with van der Waals surface area (Å²) in [6.07, 6.45) is -0.135. The monoisotopic (exact) mass is 459 g/mol. The Morgan fingerprint density at radius 2 is 1.82 bits per heavy atom. The fourth-order valence-electron chi connectivity index (χ4n) is 4.18. The van der Waals surface area contributed by atoms with Crippen LogP contribution >= 0.6 is 0 Å². The highest BCUT2D eigenvalue weighted by Crippen LogP contribution is 2.40. The Kier molecular flexibility index (Phi) is 6.23. The zero-order valence-electron chi connectivity index (χ0n) is 19.2. The lowest BCUT2D eigenvalue weighted by atomic mass is 10.0. The molecule has 0 saturated heterocycles. The van der Waals surface area contributed by atoms with Crippen molar-refractivity contribution in [2.45, 2.75) is 25.8 Å². The van der Waals surface area contributed by atoms with E-state index in [1.165, 1.54) is 0 Å². The Balaban J connectivity index is 1.40. The lowest BCUT2D eigenvalue weighted by Gasteiger charge is -2.21. The maximum absolute atomic E-state index is 12.9. The molecule has 2 heterocycles. The minimum atomic E-state index is -0.388. The second-order valence-corrected chi connectivity index (χ2v) is 8.22. The predicted molar refractivity (Wildman–Crippen MR) is 127 cm³/mol. The van der Waals surface area contributed by atoms with E-state index in [2.05, 4.69) is 10.6 Å². The lowest BCUT2D eigenvalue weighted by Crippen LogP contribution is -2.29. The number of hydrogen-bond acceptors (Lipinski definition) is 7. The zero-order valence-corrected chi connectivity index (χ0v) is 19.2. The number of carbonyl (C=O) groups excluding carboxylic acids is 3. The van der Waals surface area contributed by atoms with Gasteiger partial charge in [0.2, 0.25) is 5.91 Å². The summed E-state index contributed by atoms with van der Waals surface area (Å²) in [5.41, 5.74) is 3.17. The van der Waals surface area contributed by atoms with Crippen molar-refractivity contribution in [3.63, 3.8) is 0 Å². The van der Waals surface area contributed by atoms with Gasteiger partial charge in [0, 0.05) is 26.9 Å². The molecule has 2 amide bonds. The van der Waals surface area contributed by atoms with E-state index in [0.29, 0.717) is 17.3 Å². The maximum atomic E-state index is 12.9. The normalized spacial score (nSPS) is 14.9. The van der Waals surface area contributed by atoms with Crippen LogP contribution in [0.2, 0.25) is 0 Å². The van der Waals surface area contributed by atoms with Crippen LogP contribution in [0, 0.1) is 11.3 Å². The van der Waals surface area contributed by atoms with E-state index in [4.69, 9.17) is 4.74 Å². The van der Waals surface area contributed by atoms with Gasteiger partial charge in [0.25, 0.3) is 5.91 Å². The molecule has 4 rings (SSSR count). The molecular formula is C25H25N5O4. The molecular weight excluding hydrogens is 434 g/mol. The number of Topliss-reactive ketones (excluding diaryl/α,β-unsaturated/α-hetero) is 1. The van der Waals surface area contributed by atoms with Crippen LogP contribution in [0.5, 0.6) is 5.75 Å². The number of nitrogens with zero attached hydrogens (tertiary/aromatic N) is 3. The van der Waals surface area contributed by atoms with Crippen LogP contribution < -0.4 is 25.2 Å². The largest absolute Gasteiger partial charge is 0.482 e. The lowest BCUT2D eigenvalue weighted by molar-refractivity contribution is -0.124. The molecule has 0 bridgehead atoms. The van der Waals surface area contributed by atoms with Crippen LogP contribution in [0.15, 0.2) is 53.9 Å². The fraction of sp³-hybridized carbons (Fsp3) is 0.280. The number of benzene rings is 2. The number of para-hydroxylation sites is 2. The van der Waals surface area contributed by atoms with Crippen LogP contribution in [0.1, 0.15) is 31.4 Å². The first-order chi connectivity index (χ1) is 16.3. The minimum absolute atomic E-state index is 0.0208. The number of amides is 2. The Labute approximate surface area is 197 Å². The molecule has 0 radical (unpaired) electrons. The van der Waals surface area contributed by atoms with Crippen molar-refractivity contribution in [2.24, 2.45) is 0 Å². The molecule has 2 aromatic rings. The number of hydrogen-bond donors (Lipinski definition) is 2. The predicted octanol–water partition coefficient (Wildman–Crippen LogP) is 2.87. The number of carbonyl (C=O) groups is 3. The van der Waals surface area contributed by atoms with Crippen molar-refractivity contribution in [3.05, 3.63) is 59.4 Å². The molecule has 2 aromatic carbocycles. The molecule has 0 aromatic heterocycles. The number of rotatable bonds is 6. The summed E-state index contributed by atoms with van der Waals surface area (Å²) in [4.78, 5) is 40.6.